The van der Waals surface area contributed by atoms with Crippen LogP contribution < -0.4 is 0 Å². The lowest BCUT2D eigenvalue weighted by Crippen LogP contribution is -2.25. The average molecular weight is 254 g/mol. The predicted molar refractivity (Wildman–Crippen MR) is 84.9 cm³/mol. The number of hydrogen-bond acceptors (Lipinski definition) is 0. The van der Waals surface area contributed by atoms with Gasteiger partial charge in [-0.05, 0) is 55.8 Å². The first-order valence-corrected chi connectivity index (χ1v) is 9.09. The molecule has 0 aromatic heterocycles. The quantitative estimate of drug-likeness (QED) is 0.469. The minimum atomic E-state index is -0.301. The predicted octanol–water partition coefficient (Wildman–Crippen LogP) is 5.20. The summed E-state index contributed by atoms with van der Waals surface area (Å²) >= 11 is 0. The molecule has 0 amide bonds. The Morgan fingerprint density at radius 2 is 1.76 bits per heavy atom. The van der Waals surface area contributed by atoms with Crippen molar-refractivity contribution in [2.45, 2.75) is 66.0 Å². The summed E-state index contributed by atoms with van der Waals surface area (Å²) in [6.45, 7) is 18.4. The molecule has 0 saturated heterocycles. The monoisotopic (exact) mass is 254 g/mol. The summed E-state index contributed by atoms with van der Waals surface area (Å²) in [5.74, 6) is 0. The van der Waals surface area contributed by atoms with Crippen LogP contribution in [0.3, 0.4) is 0 Å². The van der Waals surface area contributed by atoms with E-state index in [2.05, 4.69) is 53.9 Å². The maximum absolute atomic E-state index is 4.00. The molecular weight excluding hydrogens is 223 g/mol. The van der Waals surface area contributed by atoms with Gasteiger partial charge in [0.1, 0.15) is 0 Å². The zero-order valence-corrected chi connectivity index (χ0v) is 13.7. The van der Waals surface area contributed by atoms with Gasteiger partial charge < -0.3 is 0 Å². The summed E-state index contributed by atoms with van der Waals surface area (Å²) in [4.78, 5) is 0. The van der Waals surface area contributed by atoms with E-state index in [4.69, 9.17) is 0 Å². The van der Waals surface area contributed by atoms with Gasteiger partial charge in [0.15, 0.2) is 0 Å². The highest BCUT2D eigenvalue weighted by Crippen LogP contribution is 2.46. The van der Waals surface area contributed by atoms with Crippen molar-refractivity contribution in [3.63, 3.8) is 0 Å². The van der Waals surface area contributed by atoms with E-state index in [-0.39, 0.29) is 7.55 Å². The highest BCUT2D eigenvalue weighted by molar-refractivity contribution is 7.58. The highest BCUT2D eigenvalue weighted by atomic mass is 31.1. The minimum Gasteiger partial charge on any atom is -0.118 e. The van der Waals surface area contributed by atoms with Gasteiger partial charge in [0.2, 0.25) is 0 Å². The third-order valence-electron chi connectivity index (χ3n) is 4.95. The second kappa shape index (κ2) is 5.35. The SMILES string of the molecule is C=CC1(C)CCC(/[PH](C)=C(\C)C(C)(C)C)CC1. The van der Waals surface area contributed by atoms with E-state index >= 15 is 0 Å². The van der Waals surface area contributed by atoms with E-state index in [9.17, 15) is 0 Å². The van der Waals surface area contributed by atoms with Gasteiger partial charge in [0.25, 0.3) is 0 Å². The lowest BCUT2D eigenvalue weighted by atomic mass is 9.76. The van der Waals surface area contributed by atoms with Crippen LogP contribution in [0.4, 0.5) is 0 Å². The average Bonchev–Trinajstić information content (AvgIpc) is 2.27. The van der Waals surface area contributed by atoms with E-state index in [1.54, 1.807) is 5.29 Å². The molecule has 0 aromatic rings. The Morgan fingerprint density at radius 3 is 2.12 bits per heavy atom. The minimum absolute atomic E-state index is 0.301. The van der Waals surface area contributed by atoms with Crippen molar-refractivity contribution in [3.8, 4) is 0 Å². The van der Waals surface area contributed by atoms with E-state index in [1.807, 2.05) is 0 Å². The first kappa shape index (κ1) is 15.1. The molecular formula is C16H31P. The largest absolute Gasteiger partial charge is 0.118 e. The fourth-order valence-corrected chi connectivity index (χ4v) is 5.76. The van der Waals surface area contributed by atoms with Gasteiger partial charge >= 0.3 is 0 Å². The Bertz CT molecular complexity index is 309. The first-order valence-electron chi connectivity index (χ1n) is 7.01. The van der Waals surface area contributed by atoms with Gasteiger partial charge in [-0.3, -0.25) is 0 Å². The molecule has 0 bridgehead atoms. The fourth-order valence-electron chi connectivity index (χ4n) is 2.81. The van der Waals surface area contributed by atoms with Crippen LogP contribution >= 0.6 is 7.55 Å². The number of rotatable bonds is 2. The van der Waals surface area contributed by atoms with Gasteiger partial charge in [-0.1, -0.05) is 39.1 Å². The van der Waals surface area contributed by atoms with Crippen molar-refractivity contribution in [2.75, 3.05) is 6.66 Å². The van der Waals surface area contributed by atoms with Crippen molar-refractivity contribution in [1.29, 1.82) is 0 Å². The van der Waals surface area contributed by atoms with Crippen molar-refractivity contribution < 1.29 is 0 Å². The van der Waals surface area contributed by atoms with Gasteiger partial charge in [-0.2, -0.15) is 0 Å². The van der Waals surface area contributed by atoms with E-state index < -0.39 is 0 Å². The Morgan fingerprint density at radius 1 is 1.29 bits per heavy atom. The molecule has 0 heterocycles. The summed E-state index contributed by atoms with van der Waals surface area (Å²) in [6.07, 6.45) is 7.72. The normalized spacial score (nSPS) is 33.1. The summed E-state index contributed by atoms with van der Waals surface area (Å²) in [7, 11) is -0.301. The van der Waals surface area contributed by atoms with Crippen molar-refractivity contribution >= 4 is 12.8 Å². The van der Waals surface area contributed by atoms with Gasteiger partial charge in [0.05, 0.1) is 0 Å². The van der Waals surface area contributed by atoms with Crippen LogP contribution in [0.1, 0.15) is 60.3 Å². The Labute approximate surface area is 109 Å². The molecule has 1 unspecified atom stereocenters. The molecule has 1 saturated carbocycles. The van der Waals surface area contributed by atoms with E-state index in [0.29, 0.717) is 10.8 Å². The molecule has 0 spiro atoms. The molecule has 1 fully saturated rings. The summed E-state index contributed by atoms with van der Waals surface area (Å²) in [5.41, 5.74) is 1.82. The second-order valence-corrected chi connectivity index (χ2v) is 10.1. The molecule has 0 N–H and O–H groups in total. The van der Waals surface area contributed by atoms with Crippen LogP contribution in [-0.2, 0) is 0 Å². The zero-order valence-electron chi connectivity index (χ0n) is 12.7. The second-order valence-electron chi connectivity index (χ2n) is 7.19. The van der Waals surface area contributed by atoms with E-state index in [1.165, 1.54) is 25.7 Å². The summed E-state index contributed by atoms with van der Waals surface area (Å²) in [5, 5.41) is 1.77. The molecule has 1 aliphatic rings. The molecule has 1 atom stereocenters. The molecule has 1 heteroatoms. The maximum Gasteiger partial charge on any atom is -0.0149 e. The van der Waals surface area contributed by atoms with Gasteiger partial charge in [-0.15, -0.1) is 14.1 Å². The Hall–Kier alpha value is 0.0400. The molecule has 0 aliphatic heterocycles. The molecule has 100 valence electrons. The molecule has 0 aromatic carbocycles. The van der Waals surface area contributed by atoms with Crippen LogP contribution in [0.15, 0.2) is 12.7 Å². The number of hydrogen-bond donors (Lipinski definition) is 0. The Kier molecular flexibility index (Phi) is 4.75. The van der Waals surface area contributed by atoms with Gasteiger partial charge in [-0.25, -0.2) is 0 Å². The van der Waals surface area contributed by atoms with Crippen LogP contribution in [0, 0.1) is 10.8 Å². The van der Waals surface area contributed by atoms with Crippen molar-refractivity contribution in [1.82, 2.24) is 0 Å². The summed E-state index contributed by atoms with van der Waals surface area (Å²) < 4.78 is 0. The Balaban J connectivity index is 2.76. The third-order valence-corrected chi connectivity index (χ3v) is 8.68. The van der Waals surface area contributed by atoms with Gasteiger partial charge in [0, 0.05) is 0 Å². The lowest BCUT2D eigenvalue weighted by Gasteiger charge is -2.37. The van der Waals surface area contributed by atoms with Crippen molar-refractivity contribution in [3.05, 3.63) is 12.7 Å². The molecule has 0 nitrogen and oxygen atoms in total. The van der Waals surface area contributed by atoms with Crippen LogP contribution in [-0.4, -0.2) is 17.6 Å². The highest BCUT2D eigenvalue weighted by Gasteiger charge is 2.30. The van der Waals surface area contributed by atoms with E-state index in [0.717, 1.165) is 5.66 Å². The zero-order chi connectivity index (χ0) is 13.3. The smallest absolute Gasteiger partial charge is 0.0149 e. The summed E-state index contributed by atoms with van der Waals surface area (Å²) in [6, 6.07) is 0. The number of allylic oxidation sites excluding steroid dienone is 1. The van der Waals surface area contributed by atoms with Crippen LogP contribution in [0.2, 0.25) is 0 Å². The molecule has 17 heavy (non-hydrogen) atoms. The van der Waals surface area contributed by atoms with Crippen molar-refractivity contribution in [2.24, 2.45) is 10.8 Å². The fraction of sp³-hybridized carbons (Fsp3) is 0.812. The molecule has 1 aliphatic carbocycles. The third kappa shape index (κ3) is 3.75. The first-order chi connectivity index (χ1) is 7.69. The maximum atomic E-state index is 4.00. The van der Waals surface area contributed by atoms with Crippen LogP contribution in [0.25, 0.3) is 0 Å². The standard InChI is InChI=1S/C16H31P/c1-8-16(6)11-9-14(10-12-16)17(7)13(2)15(3,4)5/h8,14,17H,1,9-12H2,2-7H3. The topological polar surface area (TPSA) is 0 Å². The molecule has 0 radical (unpaired) electrons. The van der Waals surface area contributed by atoms with Crippen LogP contribution in [0.5, 0.6) is 0 Å². The lowest BCUT2D eigenvalue weighted by molar-refractivity contribution is 0.291. The molecule has 1 rings (SSSR count).